The molecule has 0 unspecified atom stereocenters. The smallest absolute Gasteiger partial charge is 0.239 e. The fraction of sp³-hybridized carbons (Fsp3) is 0.500. The van der Waals surface area contributed by atoms with Gasteiger partial charge < -0.3 is 25.4 Å². The first kappa shape index (κ1) is 15.9. The first-order valence-corrected chi connectivity index (χ1v) is 6.60. The SMILES string of the molecule is CCNC(=O)CN(CC)c1cc(OC)c(OC)cc1N. The van der Waals surface area contributed by atoms with Crippen molar-refractivity contribution in [3.63, 3.8) is 0 Å². The average molecular weight is 281 g/mol. The van der Waals surface area contributed by atoms with Gasteiger partial charge in [-0.1, -0.05) is 0 Å². The summed E-state index contributed by atoms with van der Waals surface area (Å²) in [4.78, 5) is 13.6. The summed E-state index contributed by atoms with van der Waals surface area (Å²) < 4.78 is 10.5. The highest BCUT2D eigenvalue weighted by atomic mass is 16.5. The van der Waals surface area contributed by atoms with Crippen LogP contribution in [0.5, 0.6) is 11.5 Å². The van der Waals surface area contributed by atoms with Gasteiger partial charge in [0.1, 0.15) is 0 Å². The molecule has 0 heterocycles. The van der Waals surface area contributed by atoms with E-state index in [0.29, 0.717) is 30.3 Å². The summed E-state index contributed by atoms with van der Waals surface area (Å²) in [6, 6.07) is 3.49. The van der Waals surface area contributed by atoms with E-state index in [1.165, 1.54) is 0 Å². The monoisotopic (exact) mass is 281 g/mol. The van der Waals surface area contributed by atoms with E-state index in [0.717, 1.165) is 5.69 Å². The molecule has 1 rings (SSSR count). The highest BCUT2D eigenvalue weighted by Gasteiger charge is 2.16. The molecule has 0 saturated carbocycles. The molecule has 1 aromatic rings. The molecule has 0 bridgehead atoms. The number of hydrogen-bond acceptors (Lipinski definition) is 5. The van der Waals surface area contributed by atoms with Gasteiger partial charge in [0.05, 0.1) is 32.1 Å². The number of nitrogens with two attached hydrogens (primary N) is 1. The van der Waals surface area contributed by atoms with Crippen LogP contribution in [0.3, 0.4) is 0 Å². The maximum Gasteiger partial charge on any atom is 0.239 e. The van der Waals surface area contributed by atoms with Gasteiger partial charge >= 0.3 is 0 Å². The molecular weight excluding hydrogens is 258 g/mol. The van der Waals surface area contributed by atoms with E-state index in [2.05, 4.69) is 5.32 Å². The van der Waals surface area contributed by atoms with Gasteiger partial charge in [0.25, 0.3) is 0 Å². The van der Waals surface area contributed by atoms with Crippen LogP contribution in [0.15, 0.2) is 12.1 Å². The van der Waals surface area contributed by atoms with Gasteiger partial charge in [0.2, 0.25) is 5.91 Å². The van der Waals surface area contributed by atoms with Crippen molar-refractivity contribution in [3.05, 3.63) is 12.1 Å². The minimum absolute atomic E-state index is 0.0384. The molecule has 1 aromatic carbocycles. The van der Waals surface area contributed by atoms with E-state index in [1.807, 2.05) is 18.7 Å². The van der Waals surface area contributed by atoms with Crippen molar-refractivity contribution in [2.24, 2.45) is 0 Å². The van der Waals surface area contributed by atoms with E-state index in [4.69, 9.17) is 15.2 Å². The number of benzene rings is 1. The molecule has 0 aromatic heterocycles. The fourth-order valence-electron chi connectivity index (χ4n) is 1.95. The molecule has 0 aliphatic rings. The first-order valence-electron chi connectivity index (χ1n) is 6.60. The lowest BCUT2D eigenvalue weighted by molar-refractivity contribution is -0.119. The zero-order chi connectivity index (χ0) is 15.1. The van der Waals surface area contributed by atoms with E-state index >= 15 is 0 Å². The predicted molar refractivity (Wildman–Crippen MR) is 80.5 cm³/mol. The lowest BCUT2D eigenvalue weighted by atomic mass is 10.2. The molecule has 0 aliphatic heterocycles. The molecule has 20 heavy (non-hydrogen) atoms. The number of anilines is 2. The van der Waals surface area contributed by atoms with Gasteiger partial charge in [-0.25, -0.2) is 0 Å². The van der Waals surface area contributed by atoms with Crippen LogP contribution in [0.4, 0.5) is 11.4 Å². The Balaban J connectivity index is 3.05. The molecule has 1 amide bonds. The number of carbonyl (C=O) groups is 1. The Labute approximate surface area is 119 Å². The predicted octanol–water partition coefficient (Wildman–Crippen LogP) is 1.25. The number of likely N-dealkylation sites (N-methyl/N-ethyl adjacent to an activating group) is 2. The third-order valence-corrected chi connectivity index (χ3v) is 2.96. The van der Waals surface area contributed by atoms with Gasteiger partial charge in [-0.05, 0) is 13.8 Å². The molecule has 0 saturated heterocycles. The molecule has 0 fully saturated rings. The van der Waals surface area contributed by atoms with Gasteiger partial charge in [-0.2, -0.15) is 0 Å². The van der Waals surface area contributed by atoms with Crippen molar-refractivity contribution in [3.8, 4) is 11.5 Å². The minimum Gasteiger partial charge on any atom is -0.493 e. The van der Waals surface area contributed by atoms with Crippen molar-refractivity contribution in [1.82, 2.24) is 5.32 Å². The topological polar surface area (TPSA) is 76.8 Å². The molecule has 0 atom stereocenters. The van der Waals surface area contributed by atoms with Crippen molar-refractivity contribution >= 4 is 17.3 Å². The summed E-state index contributed by atoms with van der Waals surface area (Å²) in [7, 11) is 3.13. The first-order chi connectivity index (χ1) is 9.57. The van der Waals surface area contributed by atoms with Crippen LogP contribution in [0.1, 0.15) is 13.8 Å². The Kier molecular flexibility index (Phi) is 5.96. The van der Waals surface area contributed by atoms with Crippen LogP contribution in [-0.4, -0.2) is 39.8 Å². The van der Waals surface area contributed by atoms with Crippen LogP contribution in [0.25, 0.3) is 0 Å². The second-order valence-corrected chi connectivity index (χ2v) is 4.23. The Morgan fingerprint density at radius 1 is 1.25 bits per heavy atom. The summed E-state index contributed by atoms with van der Waals surface area (Å²) >= 11 is 0. The normalized spacial score (nSPS) is 10.0. The number of nitrogens with zero attached hydrogens (tertiary/aromatic N) is 1. The van der Waals surface area contributed by atoms with Crippen molar-refractivity contribution in [2.75, 3.05) is 44.5 Å². The van der Waals surface area contributed by atoms with Crippen molar-refractivity contribution in [1.29, 1.82) is 0 Å². The van der Waals surface area contributed by atoms with Crippen LogP contribution in [-0.2, 0) is 4.79 Å². The molecule has 3 N–H and O–H groups in total. The van der Waals surface area contributed by atoms with E-state index in [-0.39, 0.29) is 12.5 Å². The summed E-state index contributed by atoms with van der Waals surface area (Å²) in [5, 5.41) is 2.77. The van der Waals surface area contributed by atoms with Crippen molar-refractivity contribution < 1.29 is 14.3 Å². The van der Waals surface area contributed by atoms with Crippen molar-refractivity contribution in [2.45, 2.75) is 13.8 Å². The minimum atomic E-state index is -0.0384. The molecule has 0 spiro atoms. The number of rotatable bonds is 7. The maximum atomic E-state index is 11.7. The molecule has 0 radical (unpaired) electrons. The molecular formula is C14H23N3O3. The Morgan fingerprint density at radius 3 is 2.35 bits per heavy atom. The zero-order valence-electron chi connectivity index (χ0n) is 12.5. The number of amides is 1. The maximum absolute atomic E-state index is 11.7. The van der Waals surface area contributed by atoms with Gasteiger partial charge in [0.15, 0.2) is 11.5 Å². The Morgan fingerprint density at radius 2 is 1.85 bits per heavy atom. The number of hydrogen-bond donors (Lipinski definition) is 2. The Bertz CT molecular complexity index is 463. The third kappa shape index (κ3) is 3.69. The average Bonchev–Trinajstić information content (AvgIpc) is 2.45. The second-order valence-electron chi connectivity index (χ2n) is 4.23. The highest BCUT2D eigenvalue weighted by molar-refractivity contribution is 5.84. The third-order valence-electron chi connectivity index (χ3n) is 2.96. The lowest BCUT2D eigenvalue weighted by Crippen LogP contribution is -2.37. The molecule has 6 nitrogen and oxygen atoms in total. The van der Waals surface area contributed by atoms with Gasteiger partial charge in [0, 0.05) is 25.2 Å². The van der Waals surface area contributed by atoms with E-state index in [9.17, 15) is 4.79 Å². The van der Waals surface area contributed by atoms with Crippen LogP contribution < -0.4 is 25.4 Å². The summed E-state index contributed by atoms with van der Waals surface area (Å²) in [5.74, 6) is 1.12. The van der Waals surface area contributed by atoms with Crippen LogP contribution in [0, 0.1) is 0 Å². The van der Waals surface area contributed by atoms with Crippen LogP contribution in [0.2, 0.25) is 0 Å². The largest absolute Gasteiger partial charge is 0.493 e. The lowest BCUT2D eigenvalue weighted by Gasteiger charge is -2.25. The quantitative estimate of drug-likeness (QED) is 0.736. The van der Waals surface area contributed by atoms with Gasteiger partial charge in [-0.3, -0.25) is 4.79 Å². The number of ether oxygens (including phenoxy) is 2. The number of methoxy groups -OCH3 is 2. The number of carbonyl (C=O) groups excluding carboxylic acids is 1. The summed E-state index contributed by atoms with van der Waals surface area (Å²) in [6.45, 7) is 5.38. The molecule has 112 valence electrons. The molecule has 0 aliphatic carbocycles. The zero-order valence-corrected chi connectivity index (χ0v) is 12.5. The van der Waals surface area contributed by atoms with Crippen LogP contribution >= 0.6 is 0 Å². The highest BCUT2D eigenvalue weighted by Crippen LogP contribution is 2.36. The number of nitrogens with one attached hydrogen (secondary N) is 1. The molecule has 6 heteroatoms. The number of nitrogen functional groups attached to an aromatic ring is 1. The Hall–Kier alpha value is -2.11. The summed E-state index contributed by atoms with van der Waals surface area (Å²) in [5.41, 5.74) is 7.35. The fourth-order valence-corrected chi connectivity index (χ4v) is 1.95. The standard InChI is InChI=1S/C14H23N3O3/c1-5-16-14(18)9-17(6-2)11-8-13(20-4)12(19-3)7-10(11)15/h7-8H,5-6,9,15H2,1-4H3,(H,16,18). The van der Waals surface area contributed by atoms with E-state index < -0.39 is 0 Å². The second kappa shape index (κ2) is 7.47. The van der Waals surface area contributed by atoms with E-state index in [1.54, 1.807) is 26.4 Å². The van der Waals surface area contributed by atoms with Gasteiger partial charge in [-0.15, -0.1) is 0 Å². The summed E-state index contributed by atoms with van der Waals surface area (Å²) in [6.07, 6.45) is 0.